The number of hydrogen-bond donors (Lipinski definition) is 1. The van der Waals surface area contributed by atoms with E-state index in [2.05, 4.69) is 5.32 Å². The van der Waals surface area contributed by atoms with Crippen LogP contribution in [-0.2, 0) is 9.47 Å². The Bertz CT molecular complexity index is 920. The van der Waals surface area contributed by atoms with Gasteiger partial charge in [0.2, 0.25) is 0 Å². The van der Waals surface area contributed by atoms with Crippen LogP contribution in [0.2, 0.25) is 0 Å². The molecule has 1 aromatic heterocycles. The Labute approximate surface area is 172 Å². The van der Waals surface area contributed by atoms with E-state index in [1.807, 2.05) is 0 Å². The summed E-state index contributed by atoms with van der Waals surface area (Å²) in [6, 6.07) is 4.74. The Morgan fingerprint density at radius 1 is 1.00 bits per heavy atom. The Kier molecular flexibility index (Phi) is 7.60. The number of carbonyl (C=O) groups excluding carboxylic acids is 3. The number of benzene rings is 1. The van der Waals surface area contributed by atoms with Crippen molar-refractivity contribution in [2.75, 3.05) is 32.8 Å². The molecule has 0 fully saturated rings. The van der Waals surface area contributed by atoms with Crippen LogP contribution in [-0.4, -0.2) is 45.3 Å². The monoisotopic (exact) mass is 421 g/mol. The lowest BCUT2D eigenvalue weighted by atomic mass is 10.1. The van der Waals surface area contributed by atoms with Crippen molar-refractivity contribution >= 4 is 34.2 Å². The molecule has 2 aromatic rings. The summed E-state index contributed by atoms with van der Waals surface area (Å²) in [6.07, 6.45) is 0. The van der Waals surface area contributed by atoms with Gasteiger partial charge in [-0.3, -0.25) is 4.79 Å². The molecule has 8 nitrogen and oxygen atoms in total. The Hall–Kier alpha value is -3.07. The molecule has 0 spiro atoms. The van der Waals surface area contributed by atoms with E-state index in [1.165, 1.54) is 14.2 Å². The number of amides is 1. The minimum Gasteiger partial charge on any atom is -0.497 e. The molecule has 0 saturated carbocycles. The highest BCUT2D eigenvalue weighted by Crippen LogP contribution is 2.35. The molecule has 29 heavy (non-hydrogen) atoms. The number of carbonyl (C=O) groups is 3. The first-order valence-electron chi connectivity index (χ1n) is 8.88. The maximum Gasteiger partial charge on any atom is 0.348 e. The van der Waals surface area contributed by atoms with Crippen molar-refractivity contribution in [1.82, 2.24) is 0 Å². The molecule has 0 aliphatic rings. The molecule has 0 saturated heterocycles. The van der Waals surface area contributed by atoms with Gasteiger partial charge in [0.15, 0.2) is 0 Å². The fourth-order valence-corrected chi connectivity index (χ4v) is 3.68. The molecule has 1 N–H and O–H groups in total. The van der Waals surface area contributed by atoms with Crippen molar-refractivity contribution in [3.8, 4) is 11.5 Å². The topological polar surface area (TPSA) is 100 Å². The SMILES string of the molecule is CCOC(=O)c1sc(NC(=O)c2ccc(OC)cc2OC)c(C(=O)OCC)c1C. The number of hydrogen-bond acceptors (Lipinski definition) is 8. The van der Waals surface area contributed by atoms with Gasteiger partial charge in [0.1, 0.15) is 21.4 Å². The molecule has 0 aliphatic carbocycles. The molecule has 0 radical (unpaired) electrons. The third kappa shape index (κ3) is 4.86. The van der Waals surface area contributed by atoms with Crippen LogP contribution in [0, 0.1) is 6.92 Å². The maximum atomic E-state index is 12.8. The molecule has 0 unspecified atom stereocenters. The van der Waals surface area contributed by atoms with Gasteiger partial charge in [-0.25, -0.2) is 9.59 Å². The number of rotatable bonds is 8. The fraction of sp³-hybridized carbons (Fsp3) is 0.350. The molecule has 0 bridgehead atoms. The number of anilines is 1. The second-order valence-corrected chi connectivity index (χ2v) is 6.74. The summed E-state index contributed by atoms with van der Waals surface area (Å²) in [5.41, 5.74) is 0.761. The number of nitrogens with one attached hydrogen (secondary N) is 1. The van der Waals surface area contributed by atoms with Gasteiger partial charge >= 0.3 is 11.9 Å². The normalized spacial score (nSPS) is 10.2. The molecule has 156 valence electrons. The van der Waals surface area contributed by atoms with Crippen molar-refractivity contribution < 1.29 is 33.3 Å². The van der Waals surface area contributed by atoms with Gasteiger partial charge in [0.05, 0.1) is 38.6 Å². The summed E-state index contributed by atoms with van der Waals surface area (Å²) in [7, 11) is 2.94. The molecule has 1 aromatic carbocycles. The number of esters is 2. The zero-order valence-corrected chi connectivity index (χ0v) is 17.7. The van der Waals surface area contributed by atoms with E-state index in [0.29, 0.717) is 17.1 Å². The van der Waals surface area contributed by atoms with Crippen LogP contribution in [0.25, 0.3) is 0 Å². The van der Waals surface area contributed by atoms with Crippen LogP contribution in [0.3, 0.4) is 0 Å². The average molecular weight is 421 g/mol. The molecular formula is C20H23NO7S. The predicted octanol–water partition coefficient (Wildman–Crippen LogP) is 3.68. The average Bonchev–Trinajstić information content (AvgIpc) is 3.03. The van der Waals surface area contributed by atoms with E-state index in [4.69, 9.17) is 18.9 Å². The second-order valence-electron chi connectivity index (χ2n) is 5.72. The third-order valence-corrected chi connectivity index (χ3v) is 5.15. The first-order valence-corrected chi connectivity index (χ1v) is 9.70. The Balaban J connectivity index is 2.45. The quantitative estimate of drug-likeness (QED) is 0.649. The van der Waals surface area contributed by atoms with Crippen LogP contribution in [0.15, 0.2) is 18.2 Å². The lowest BCUT2D eigenvalue weighted by molar-refractivity contribution is 0.0527. The zero-order chi connectivity index (χ0) is 21.6. The summed E-state index contributed by atoms with van der Waals surface area (Å²) in [5.74, 6) is -0.871. The van der Waals surface area contributed by atoms with Gasteiger partial charge in [-0.2, -0.15) is 0 Å². The molecule has 0 atom stereocenters. The molecule has 1 amide bonds. The van der Waals surface area contributed by atoms with Crippen molar-refractivity contribution in [1.29, 1.82) is 0 Å². The third-order valence-electron chi connectivity index (χ3n) is 3.97. The van der Waals surface area contributed by atoms with Crippen molar-refractivity contribution in [2.45, 2.75) is 20.8 Å². The fourth-order valence-electron chi connectivity index (χ4n) is 2.60. The lowest BCUT2D eigenvalue weighted by Crippen LogP contribution is -2.15. The minimum absolute atomic E-state index is 0.126. The highest BCUT2D eigenvalue weighted by Gasteiger charge is 2.28. The van der Waals surface area contributed by atoms with Gasteiger partial charge in [-0.05, 0) is 38.5 Å². The molecule has 0 aliphatic heterocycles. The van der Waals surface area contributed by atoms with Gasteiger partial charge in [-0.15, -0.1) is 11.3 Å². The molecule has 2 rings (SSSR count). The van der Waals surface area contributed by atoms with Crippen LogP contribution in [0.5, 0.6) is 11.5 Å². The summed E-state index contributed by atoms with van der Waals surface area (Å²) < 4.78 is 20.5. The minimum atomic E-state index is -0.631. The summed E-state index contributed by atoms with van der Waals surface area (Å²) in [5, 5.41) is 2.89. The van der Waals surface area contributed by atoms with Gasteiger partial charge in [0, 0.05) is 6.07 Å². The maximum absolute atomic E-state index is 12.8. The van der Waals surface area contributed by atoms with Crippen LogP contribution >= 0.6 is 11.3 Å². The number of thiophene rings is 1. The first kappa shape index (κ1) is 22.2. The van der Waals surface area contributed by atoms with E-state index in [1.54, 1.807) is 39.0 Å². The van der Waals surface area contributed by atoms with Crippen molar-refractivity contribution in [2.24, 2.45) is 0 Å². The van der Waals surface area contributed by atoms with Crippen LogP contribution < -0.4 is 14.8 Å². The second kappa shape index (κ2) is 9.92. The van der Waals surface area contributed by atoms with Crippen LogP contribution in [0.4, 0.5) is 5.00 Å². The Morgan fingerprint density at radius 3 is 2.24 bits per heavy atom. The summed E-state index contributed by atoms with van der Waals surface area (Å²) in [4.78, 5) is 37.7. The van der Waals surface area contributed by atoms with Crippen molar-refractivity contribution in [3.05, 3.63) is 39.8 Å². The lowest BCUT2D eigenvalue weighted by Gasteiger charge is -2.11. The van der Waals surface area contributed by atoms with E-state index < -0.39 is 17.8 Å². The standard InChI is InChI=1S/C20H23NO7S/c1-6-27-19(23)15-11(3)16(20(24)28-7-2)29-18(15)21-17(22)13-9-8-12(25-4)10-14(13)26-5/h8-10H,6-7H2,1-5H3,(H,21,22). The van der Waals surface area contributed by atoms with E-state index in [9.17, 15) is 14.4 Å². The molecular weight excluding hydrogens is 398 g/mol. The van der Waals surface area contributed by atoms with E-state index >= 15 is 0 Å². The Morgan fingerprint density at radius 2 is 1.66 bits per heavy atom. The highest BCUT2D eigenvalue weighted by atomic mass is 32.1. The highest BCUT2D eigenvalue weighted by molar-refractivity contribution is 7.18. The summed E-state index contributed by atoms with van der Waals surface area (Å²) >= 11 is 0.960. The smallest absolute Gasteiger partial charge is 0.348 e. The van der Waals surface area contributed by atoms with Crippen molar-refractivity contribution in [3.63, 3.8) is 0 Å². The van der Waals surface area contributed by atoms with Gasteiger partial charge in [-0.1, -0.05) is 0 Å². The van der Waals surface area contributed by atoms with E-state index in [0.717, 1.165) is 11.3 Å². The predicted molar refractivity (Wildman–Crippen MR) is 108 cm³/mol. The zero-order valence-electron chi connectivity index (χ0n) is 16.9. The number of methoxy groups -OCH3 is 2. The van der Waals surface area contributed by atoms with E-state index in [-0.39, 0.29) is 34.2 Å². The first-order chi connectivity index (χ1) is 13.9. The van der Waals surface area contributed by atoms with Crippen LogP contribution in [0.1, 0.15) is 49.8 Å². The number of ether oxygens (including phenoxy) is 4. The molecule has 9 heteroatoms. The van der Waals surface area contributed by atoms with Gasteiger partial charge < -0.3 is 24.3 Å². The van der Waals surface area contributed by atoms with Gasteiger partial charge in [0.25, 0.3) is 5.91 Å². The largest absolute Gasteiger partial charge is 0.497 e. The molecule has 1 heterocycles. The summed E-state index contributed by atoms with van der Waals surface area (Å²) in [6.45, 7) is 5.31.